The highest BCUT2D eigenvalue weighted by Crippen LogP contribution is 2.43. The zero-order chi connectivity index (χ0) is 28.7. The monoisotopic (exact) mass is 558 g/mol. The molecule has 8 heteroatoms. The summed E-state index contributed by atoms with van der Waals surface area (Å²) in [5, 5.41) is 2.38. The molecule has 0 aromatic heterocycles. The van der Waals surface area contributed by atoms with Crippen molar-refractivity contribution in [2.75, 3.05) is 32.7 Å². The van der Waals surface area contributed by atoms with Crippen LogP contribution in [0.3, 0.4) is 0 Å². The number of amides is 3. The van der Waals surface area contributed by atoms with Crippen LogP contribution in [-0.2, 0) is 22.7 Å². The average molecular weight is 559 g/mol. The maximum Gasteiger partial charge on any atom is 0.255 e. The fraction of sp³-hybridized carbons (Fsp3) is 0.485. The van der Waals surface area contributed by atoms with Gasteiger partial charge < -0.3 is 4.90 Å². The molecule has 2 aromatic carbocycles. The maximum atomic E-state index is 13.6. The molecule has 1 N–H and O–H groups in total. The molecule has 7 nitrogen and oxygen atoms in total. The van der Waals surface area contributed by atoms with Gasteiger partial charge in [-0.25, -0.2) is 4.39 Å². The molecule has 3 aliphatic heterocycles. The molecule has 0 bridgehead atoms. The first-order valence-corrected chi connectivity index (χ1v) is 14.8. The molecule has 216 valence electrons. The molecule has 2 aromatic rings. The molecule has 0 saturated carbocycles. The first-order chi connectivity index (χ1) is 19.7. The molecule has 0 spiro atoms. The molecule has 2 saturated heterocycles. The number of nitrogens with zero attached hydrogens (tertiary/aromatic N) is 3. The van der Waals surface area contributed by atoms with Crippen molar-refractivity contribution in [2.24, 2.45) is 5.41 Å². The van der Waals surface area contributed by atoms with Gasteiger partial charge in [-0.1, -0.05) is 43.7 Å². The Morgan fingerprint density at radius 2 is 1.63 bits per heavy atom. The lowest BCUT2D eigenvalue weighted by Gasteiger charge is -2.38. The van der Waals surface area contributed by atoms with E-state index in [0.29, 0.717) is 18.5 Å². The van der Waals surface area contributed by atoms with Crippen molar-refractivity contribution in [2.45, 2.75) is 65.1 Å². The van der Waals surface area contributed by atoms with Crippen molar-refractivity contribution in [3.05, 3.63) is 76.1 Å². The summed E-state index contributed by atoms with van der Waals surface area (Å²) in [7, 11) is 0. The van der Waals surface area contributed by atoms with Crippen molar-refractivity contribution in [3.63, 3.8) is 0 Å². The van der Waals surface area contributed by atoms with Gasteiger partial charge in [0.25, 0.3) is 5.91 Å². The topological polar surface area (TPSA) is 73.0 Å². The number of halogens is 1. The largest absolute Gasteiger partial charge is 0.322 e. The second kappa shape index (κ2) is 11.1. The maximum absolute atomic E-state index is 13.6. The Labute approximate surface area is 241 Å². The van der Waals surface area contributed by atoms with Crippen LogP contribution >= 0.6 is 0 Å². The molecule has 0 radical (unpaired) electrons. The summed E-state index contributed by atoms with van der Waals surface area (Å²) in [6.45, 7) is 10.6. The van der Waals surface area contributed by atoms with E-state index in [4.69, 9.17) is 0 Å². The first-order valence-electron chi connectivity index (χ1n) is 14.8. The van der Waals surface area contributed by atoms with Gasteiger partial charge >= 0.3 is 0 Å². The number of fused-ring (bicyclic) bond motifs is 1. The minimum Gasteiger partial charge on any atom is -0.322 e. The Hall–Kier alpha value is -3.36. The number of allylic oxidation sites excluding steroid dienone is 1. The Bertz CT molecular complexity index is 1390. The van der Waals surface area contributed by atoms with E-state index in [1.54, 1.807) is 17.0 Å². The van der Waals surface area contributed by atoms with E-state index in [9.17, 15) is 18.8 Å². The number of nitrogens with one attached hydrogen (secondary N) is 1. The predicted octanol–water partition coefficient (Wildman–Crippen LogP) is 4.37. The van der Waals surface area contributed by atoms with Gasteiger partial charge in [0.2, 0.25) is 11.8 Å². The summed E-state index contributed by atoms with van der Waals surface area (Å²) in [6.07, 6.45) is 3.89. The third-order valence-corrected chi connectivity index (χ3v) is 9.33. The zero-order valence-electron chi connectivity index (χ0n) is 24.0. The highest BCUT2D eigenvalue weighted by molar-refractivity contribution is 6.05. The Balaban J connectivity index is 1.10. The van der Waals surface area contributed by atoms with Gasteiger partial charge in [-0.15, -0.1) is 0 Å². The van der Waals surface area contributed by atoms with E-state index in [1.165, 1.54) is 17.6 Å². The van der Waals surface area contributed by atoms with E-state index < -0.39 is 6.04 Å². The summed E-state index contributed by atoms with van der Waals surface area (Å²) in [6, 6.07) is 12.3. The first kappa shape index (κ1) is 27.8. The molecule has 3 amide bonds. The second-order valence-corrected chi connectivity index (χ2v) is 12.8. The van der Waals surface area contributed by atoms with Crippen molar-refractivity contribution < 1.29 is 18.8 Å². The number of imide groups is 1. The summed E-state index contributed by atoms with van der Waals surface area (Å²) < 4.78 is 13.6. The van der Waals surface area contributed by atoms with Crippen molar-refractivity contribution in [3.8, 4) is 0 Å². The second-order valence-electron chi connectivity index (χ2n) is 12.8. The van der Waals surface area contributed by atoms with E-state index in [2.05, 4.69) is 35.0 Å². The van der Waals surface area contributed by atoms with Crippen LogP contribution in [0.1, 0.15) is 73.0 Å². The molecule has 1 atom stereocenters. The van der Waals surface area contributed by atoms with E-state index in [-0.39, 0.29) is 35.4 Å². The highest BCUT2D eigenvalue weighted by atomic mass is 19.1. The molecule has 1 aliphatic carbocycles. The third-order valence-electron chi connectivity index (χ3n) is 9.33. The van der Waals surface area contributed by atoms with Crippen LogP contribution in [0.2, 0.25) is 0 Å². The predicted molar refractivity (Wildman–Crippen MR) is 155 cm³/mol. The Morgan fingerprint density at radius 1 is 0.927 bits per heavy atom. The smallest absolute Gasteiger partial charge is 0.255 e. The number of piperazine rings is 1. The van der Waals surface area contributed by atoms with Gasteiger partial charge in [0.15, 0.2) is 0 Å². The van der Waals surface area contributed by atoms with Crippen molar-refractivity contribution >= 4 is 23.3 Å². The van der Waals surface area contributed by atoms with Crippen LogP contribution in [0.15, 0.2) is 48.0 Å². The van der Waals surface area contributed by atoms with Crippen LogP contribution in [0.5, 0.6) is 0 Å². The van der Waals surface area contributed by atoms with E-state index in [0.717, 1.165) is 68.8 Å². The molecule has 4 aliphatic rings. The SMILES string of the molecule is CC1(C)CCC(CN2CCN(Cc3cccc4c3CN(C3CCC(=O)NC3=O)C4=O)CC2)=C(c2ccc(F)cc2)C1. The number of carbonyl (C=O) groups excluding carboxylic acids is 3. The number of carbonyl (C=O) groups is 3. The van der Waals surface area contributed by atoms with Crippen LogP contribution in [0.4, 0.5) is 4.39 Å². The fourth-order valence-corrected chi connectivity index (χ4v) is 6.88. The molecule has 41 heavy (non-hydrogen) atoms. The summed E-state index contributed by atoms with van der Waals surface area (Å²) in [4.78, 5) is 43.9. The van der Waals surface area contributed by atoms with Gasteiger partial charge in [-0.2, -0.15) is 0 Å². The number of benzene rings is 2. The zero-order valence-corrected chi connectivity index (χ0v) is 24.0. The van der Waals surface area contributed by atoms with Gasteiger partial charge in [-0.05, 0) is 71.6 Å². The van der Waals surface area contributed by atoms with Crippen LogP contribution < -0.4 is 5.32 Å². The molecule has 3 heterocycles. The van der Waals surface area contributed by atoms with Crippen LogP contribution in [-0.4, -0.2) is 71.2 Å². The van der Waals surface area contributed by atoms with Gasteiger partial charge in [0.05, 0.1) is 0 Å². The number of piperidine rings is 1. The lowest BCUT2D eigenvalue weighted by atomic mass is 9.72. The minimum atomic E-state index is -0.594. The molecular formula is C33H39FN4O3. The van der Waals surface area contributed by atoms with Gasteiger partial charge in [0, 0.05) is 57.8 Å². The summed E-state index contributed by atoms with van der Waals surface area (Å²) in [5.41, 5.74) is 7.07. The van der Waals surface area contributed by atoms with E-state index >= 15 is 0 Å². The lowest BCUT2D eigenvalue weighted by molar-refractivity contribution is -0.136. The van der Waals surface area contributed by atoms with E-state index in [1.807, 2.05) is 24.3 Å². The van der Waals surface area contributed by atoms with Crippen molar-refractivity contribution in [1.82, 2.24) is 20.0 Å². The average Bonchev–Trinajstić information content (AvgIpc) is 3.28. The quantitative estimate of drug-likeness (QED) is 0.534. The third kappa shape index (κ3) is 5.86. The normalized spacial score (nSPS) is 23.6. The van der Waals surface area contributed by atoms with Gasteiger partial charge in [-0.3, -0.25) is 29.5 Å². The highest BCUT2D eigenvalue weighted by Gasteiger charge is 2.40. The summed E-state index contributed by atoms with van der Waals surface area (Å²) >= 11 is 0. The molecule has 1 unspecified atom stereocenters. The van der Waals surface area contributed by atoms with Crippen LogP contribution in [0.25, 0.3) is 5.57 Å². The number of hydrogen-bond acceptors (Lipinski definition) is 5. The van der Waals surface area contributed by atoms with Crippen LogP contribution in [0, 0.1) is 11.2 Å². The summed E-state index contributed by atoms with van der Waals surface area (Å²) in [5.74, 6) is -0.967. The fourth-order valence-electron chi connectivity index (χ4n) is 6.88. The minimum absolute atomic E-state index is 0.123. The van der Waals surface area contributed by atoms with Gasteiger partial charge in [0.1, 0.15) is 11.9 Å². The van der Waals surface area contributed by atoms with Crippen molar-refractivity contribution in [1.29, 1.82) is 0 Å². The lowest BCUT2D eigenvalue weighted by Crippen LogP contribution is -2.52. The standard InChI is InChI=1S/C33H39FN4O3/c1-33(2)13-12-24(27(18-33)22-6-8-25(34)9-7-22)20-37-16-14-36(15-17-37)19-23-4-3-5-26-28(23)21-38(32(26)41)29-10-11-30(39)35-31(29)40/h3-9,29H,10-21H2,1-2H3,(H,35,39,40). The molecular weight excluding hydrogens is 519 g/mol. The molecule has 6 rings (SSSR count). The Morgan fingerprint density at radius 3 is 2.34 bits per heavy atom. The number of rotatable bonds is 6. The number of hydrogen-bond donors (Lipinski definition) is 1. The Kier molecular flexibility index (Phi) is 7.55. The molecule has 2 fully saturated rings.